The molecule has 2 amide bonds. The first-order chi connectivity index (χ1) is 13.9. The summed E-state index contributed by atoms with van der Waals surface area (Å²) in [6, 6.07) is 10.4. The van der Waals surface area contributed by atoms with Gasteiger partial charge < -0.3 is 15.4 Å². The highest BCUT2D eigenvalue weighted by atomic mass is 35.5. The van der Waals surface area contributed by atoms with Crippen LogP contribution in [0.4, 0.5) is 11.4 Å². The highest BCUT2D eigenvalue weighted by Gasteiger charge is 2.18. The van der Waals surface area contributed by atoms with Crippen LogP contribution in [0.25, 0.3) is 10.1 Å². The minimum atomic E-state index is -0.325. The molecule has 0 fully saturated rings. The zero-order valence-electron chi connectivity index (χ0n) is 16.0. The minimum absolute atomic E-state index is 0.0716. The van der Waals surface area contributed by atoms with Gasteiger partial charge in [0.25, 0.3) is 5.91 Å². The number of ether oxygens (including phenoxy) is 1. The number of carbonyl (C=O) groups is 2. The molecule has 29 heavy (non-hydrogen) atoms. The van der Waals surface area contributed by atoms with Crippen LogP contribution in [0.2, 0.25) is 10.0 Å². The first-order valence-corrected chi connectivity index (χ1v) is 10.7. The molecule has 3 rings (SSSR count). The average molecular weight is 451 g/mol. The summed E-state index contributed by atoms with van der Waals surface area (Å²) >= 11 is 13.7. The van der Waals surface area contributed by atoms with E-state index in [-0.39, 0.29) is 11.8 Å². The molecule has 1 heterocycles. The molecule has 0 bridgehead atoms. The predicted octanol–water partition coefficient (Wildman–Crippen LogP) is 6.60. The zero-order valence-corrected chi connectivity index (χ0v) is 18.3. The van der Waals surface area contributed by atoms with Gasteiger partial charge in [-0.2, -0.15) is 0 Å². The Morgan fingerprint density at radius 2 is 1.90 bits per heavy atom. The number of methoxy groups -OCH3 is 1. The number of hydrogen-bond acceptors (Lipinski definition) is 4. The Balaban J connectivity index is 1.78. The largest absolute Gasteiger partial charge is 0.494 e. The van der Waals surface area contributed by atoms with Crippen LogP contribution in [0, 0.1) is 0 Å². The number of anilines is 2. The molecule has 1 aromatic heterocycles. The third kappa shape index (κ3) is 5.01. The lowest BCUT2D eigenvalue weighted by atomic mass is 10.2. The van der Waals surface area contributed by atoms with E-state index in [1.165, 1.54) is 18.4 Å². The molecule has 8 heteroatoms. The number of fused-ring (bicyclic) bond motifs is 1. The summed E-state index contributed by atoms with van der Waals surface area (Å²) in [4.78, 5) is 25.1. The van der Waals surface area contributed by atoms with Crippen LogP contribution < -0.4 is 15.4 Å². The lowest BCUT2D eigenvalue weighted by Gasteiger charge is -2.12. The maximum Gasteiger partial charge on any atom is 0.267 e. The second-order valence-corrected chi connectivity index (χ2v) is 8.27. The SMILES string of the molecule is CCCCC(=O)Nc1ccc(NC(=O)c2sc3cc(Cl)ccc3c2Cl)cc1OC. The van der Waals surface area contributed by atoms with E-state index in [0.29, 0.717) is 38.5 Å². The van der Waals surface area contributed by atoms with E-state index in [9.17, 15) is 9.59 Å². The standard InChI is InChI=1S/C21H20Cl2N2O3S/c1-3-4-5-18(26)25-15-9-7-13(11-16(15)28-2)24-21(27)20-19(23)14-8-6-12(22)10-17(14)29-20/h6-11H,3-5H2,1-2H3,(H,24,27)(H,25,26). The van der Waals surface area contributed by atoms with Crippen molar-refractivity contribution < 1.29 is 14.3 Å². The van der Waals surface area contributed by atoms with Crippen molar-refractivity contribution in [2.45, 2.75) is 26.2 Å². The third-order valence-corrected chi connectivity index (χ3v) is 6.18. The molecular weight excluding hydrogens is 431 g/mol. The van der Waals surface area contributed by atoms with Gasteiger partial charge in [-0.05, 0) is 30.7 Å². The molecule has 3 aromatic rings. The van der Waals surface area contributed by atoms with Crippen LogP contribution in [-0.2, 0) is 4.79 Å². The highest BCUT2D eigenvalue weighted by molar-refractivity contribution is 7.21. The molecule has 0 unspecified atom stereocenters. The number of halogens is 2. The summed E-state index contributed by atoms with van der Waals surface area (Å²) in [6.45, 7) is 2.03. The van der Waals surface area contributed by atoms with Gasteiger partial charge in [0.05, 0.1) is 17.8 Å². The Kier molecular flexibility index (Phi) is 7.00. The van der Waals surface area contributed by atoms with Gasteiger partial charge in [-0.1, -0.05) is 42.6 Å². The van der Waals surface area contributed by atoms with Crippen molar-refractivity contribution in [2.75, 3.05) is 17.7 Å². The monoisotopic (exact) mass is 450 g/mol. The van der Waals surface area contributed by atoms with Crippen LogP contribution in [0.5, 0.6) is 5.75 Å². The van der Waals surface area contributed by atoms with E-state index in [2.05, 4.69) is 10.6 Å². The Morgan fingerprint density at radius 3 is 2.62 bits per heavy atom. The normalized spacial score (nSPS) is 10.8. The van der Waals surface area contributed by atoms with Gasteiger partial charge in [0, 0.05) is 33.3 Å². The predicted molar refractivity (Wildman–Crippen MR) is 121 cm³/mol. The van der Waals surface area contributed by atoms with E-state index in [4.69, 9.17) is 27.9 Å². The number of carbonyl (C=O) groups excluding carboxylic acids is 2. The molecular formula is C21H20Cl2N2O3S. The van der Waals surface area contributed by atoms with Crippen molar-refractivity contribution >= 4 is 67.8 Å². The van der Waals surface area contributed by atoms with Crippen LogP contribution >= 0.6 is 34.5 Å². The summed E-state index contributed by atoms with van der Waals surface area (Å²) in [5.41, 5.74) is 1.09. The topological polar surface area (TPSA) is 67.4 Å². The van der Waals surface area contributed by atoms with E-state index in [0.717, 1.165) is 22.9 Å². The van der Waals surface area contributed by atoms with E-state index >= 15 is 0 Å². The van der Waals surface area contributed by atoms with Gasteiger partial charge in [0.1, 0.15) is 10.6 Å². The number of unbranched alkanes of at least 4 members (excludes halogenated alkanes) is 1. The van der Waals surface area contributed by atoms with Gasteiger partial charge in [-0.25, -0.2) is 0 Å². The highest BCUT2D eigenvalue weighted by Crippen LogP contribution is 2.37. The molecule has 2 N–H and O–H groups in total. The lowest BCUT2D eigenvalue weighted by Crippen LogP contribution is -2.13. The minimum Gasteiger partial charge on any atom is -0.494 e. The number of rotatable bonds is 7. The second kappa shape index (κ2) is 9.48. The molecule has 0 aliphatic carbocycles. The van der Waals surface area contributed by atoms with Gasteiger partial charge in [-0.15, -0.1) is 11.3 Å². The van der Waals surface area contributed by atoms with Crippen molar-refractivity contribution in [1.82, 2.24) is 0 Å². The molecule has 0 spiro atoms. The van der Waals surface area contributed by atoms with Gasteiger partial charge in [0.2, 0.25) is 5.91 Å². The number of benzene rings is 2. The van der Waals surface area contributed by atoms with E-state index in [1.807, 2.05) is 6.92 Å². The van der Waals surface area contributed by atoms with Crippen molar-refractivity contribution in [2.24, 2.45) is 0 Å². The summed E-state index contributed by atoms with van der Waals surface area (Å²) in [5, 5.41) is 7.43. The second-order valence-electron chi connectivity index (χ2n) is 6.41. The first-order valence-electron chi connectivity index (χ1n) is 9.09. The van der Waals surface area contributed by atoms with Gasteiger partial charge in [-0.3, -0.25) is 9.59 Å². The summed E-state index contributed by atoms with van der Waals surface area (Å²) in [5.74, 6) is 0.0635. The van der Waals surface area contributed by atoms with Crippen LogP contribution in [-0.4, -0.2) is 18.9 Å². The number of thiophene rings is 1. The fourth-order valence-electron chi connectivity index (χ4n) is 2.80. The quantitative estimate of drug-likeness (QED) is 0.425. The maximum atomic E-state index is 12.7. The molecule has 0 saturated heterocycles. The van der Waals surface area contributed by atoms with E-state index in [1.54, 1.807) is 36.4 Å². The molecule has 0 saturated carbocycles. The van der Waals surface area contributed by atoms with Crippen LogP contribution in [0.15, 0.2) is 36.4 Å². The number of hydrogen-bond donors (Lipinski definition) is 2. The maximum absolute atomic E-state index is 12.7. The molecule has 152 valence electrons. The Morgan fingerprint density at radius 1 is 1.10 bits per heavy atom. The molecule has 0 aliphatic heterocycles. The Bertz CT molecular complexity index is 1070. The molecule has 2 aromatic carbocycles. The van der Waals surface area contributed by atoms with Gasteiger partial charge >= 0.3 is 0 Å². The van der Waals surface area contributed by atoms with Crippen molar-refractivity contribution in [3.63, 3.8) is 0 Å². The number of nitrogens with one attached hydrogen (secondary N) is 2. The van der Waals surface area contributed by atoms with Crippen molar-refractivity contribution in [3.8, 4) is 5.75 Å². The summed E-state index contributed by atoms with van der Waals surface area (Å²) < 4.78 is 6.20. The van der Waals surface area contributed by atoms with Crippen molar-refractivity contribution in [3.05, 3.63) is 51.3 Å². The fraction of sp³-hybridized carbons (Fsp3) is 0.238. The first kappa shape index (κ1) is 21.4. The summed E-state index contributed by atoms with van der Waals surface area (Å²) in [6.07, 6.45) is 2.22. The zero-order chi connectivity index (χ0) is 21.0. The van der Waals surface area contributed by atoms with Crippen LogP contribution in [0.1, 0.15) is 35.9 Å². The van der Waals surface area contributed by atoms with Crippen LogP contribution in [0.3, 0.4) is 0 Å². The molecule has 5 nitrogen and oxygen atoms in total. The molecule has 0 radical (unpaired) electrons. The molecule has 0 atom stereocenters. The average Bonchev–Trinajstić information content (AvgIpc) is 3.03. The summed E-state index contributed by atoms with van der Waals surface area (Å²) in [7, 11) is 1.51. The number of amides is 2. The van der Waals surface area contributed by atoms with E-state index < -0.39 is 0 Å². The smallest absolute Gasteiger partial charge is 0.267 e. The Hall–Kier alpha value is -2.28. The van der Waals surface area contributed by atoms with Gasteiger partial charge in [0.15, 0.2) is 0 Å². The third-order valence-electron chi connectivity index (χ3n) is 4.29. The van der Waals surface area contributed by atoms with Crippen molar-refractivity contribution in [1.29, 1.82) is 0 Å². The Labute approximate surface area is 183 Å². The fourth-order valence-corrected chi connectivity index (χ4v) is 4.48. The lowest BCUT2D eigenvalue weighted by molar-refractivity contribution is -0.116. The molecule has 0 aliphatic rings.